The van der Waals surface area contributed by atoms with E-state index in [1.165, 1.54) is 6.07 Å². The number of benzene rings is 1. The SMILES string of the molecule is CC(CCN)N(C)CCc1cccc(F)c1. The molecule has 0 aliphatic carbocycles. The molecule has 0 fully saturated rings. The molecule has 3 heteroatoms. The van der Waals surface area contributed by atoms with Crippen molar-refractivity contribution in [2.24, 2.45) is 5.73 Å². The van der Waals surface area contributed by atoms with Gasteiger partial charge in [0.05, 0.1) is 0 Å². The second-order valence-corrected chi connectivity index (χ2v) is 4.29. The first-order valence-electron chi connectivity index (χ1n) is 5.78. The molecule has 1 atom stereocenters. The number of hydrogen-bond acceptors (Lipinski definition) is 2. The fourth-order valence-electron chi connectivity index (χ4n) is 1.68. The fourth-order valence-corrected chi connectivity index (χ4v) is 1.68. The molecule has 0 aromatic heterocycles. The molecule has 0 heterocycles. The molecule has 0 saturated heterocycles. The third-order valence-corrected chi connectivity index (χ3v) is 2.98. The molecule has 2 nitrogen and oxygen atoms in total. The van der Waals surface area contributed by atoms with E-state index in [4.69, 9.17) is 5.73 Å². The molecule has 0 amide bonds. The third kappa shape index (κ3) is 4.29. The molecule has 1 rings (SSSR count). The van der Waals surface area contributed by atoms with Gasteiger partial charge in [-0.2, -0.15) is 0 Å². The van der Waals surface area contributed by atoms with Crippen molar-refractivity contribution in [3.8, 4) is 0 Å². The van der Waals surface area contributed by atoms with Crippen LogP contribution in [-0.4, -0.2) is 31.1 Å². The highest BCUT2D eigenvalue weighted by Gasteiger charge is 2.07. The Morgan fingerprint density at radius 2 is 2.19 bits per heavy atom. The van der Waals surface area contributed by atoms with E-state index in [0.717, 1.165) is 24.9 Å². The van der Waals surface area contributed by atoms with Crippen molar-refractivity contribution in [1.82, 2.24) is 4.90 Å². The Labute approximate surface area is 97.3 Å². The largest absolute Gasteiger partial charge is 0.330 e. The number of likely N-dealkylation sites (N-methyl/N-ethyl adjacent to an activating group) is 1. The smallest absolute Gasteiger partial charge is 0.123 e. The van der Waals surface area contributed by atoms with Gasteiger partial charge in [-0.3, -0.25) is 0 Å². The molecule has 1 aromatic rings. The van der Waals surface area contributed by atoms with E-state index in [2.05, 4.69) is 18.9 Å². The molecule has 0 saturated carbocycles. The van der Waals surface area contributed by atoms with E-state index >= 15 is 0 Å². The van der Waals surface area contributed by atoms with Gasteiger partial charge in [-0.05, 0) is 51.1 Å². The van der Waals surface area contributed by atoms with Gasteiger partial charge in [-0.25, -0.2) is 4.39 Å². The summed E-state index contributed by atoms with van der Waals surface area (Å²) in [6.07, 6.45) is 1.88. The molecule has 0 aliphatic rings. The van der Waals surface area contributed by atoms with Crippen LogP contribution < -0.4 is 5.73 Å². The van der Waals surface area contributed by atoms with Crippen molar-refractivity contribution in [2.75, 3.05) is 20.1 Å². The highest BCUT2D eigenvalue weighted by atomic mass is 19.1. The van der Waals surface area contributed by atoms with Crippen LogP contribution in [0.3, 0.4) is 0 Å². The lowest BCUT2D eigenvalue weighted by Crippen LogP contribution is -2.32. The van der Waals surface area contributed by atoms with E-state index in [9.17, 15) is 4.39 Å². The molecule has 2 N–H and O–H groups in total. The van der Waals surface area contributed by atoms with Gasteiger partial charge in [0.2, 0.25) is 0 Å². The topological polar surface area (TPSA) is 29.3 Å². The highest BCUT2D eigenvalue weighted by molar-refractivity contribution is 5.16. The summed E-state index contributed by atoms with van der Waals surface area (Å²) in [6, 6.07) is 7.28. The van der Waals surface area contributed by atoms with Crippen molar-refractivity contribution in [1.29, 1.82) is 0 Å². The molecule has 0 bridgehead atoms. The zero-order valence-electron chi connectivity index (χ0n) is 10.1. The van der Waals surface area contributed by atoms with Gasteiger partial charge >= 0.3 is 0 Å². The van der Waals surface area contributed by atoms with Gasteiger partial charge in [-0.1, -0.05) is 12.1 Å². The van der Waals surface area contributed by atoms with Gasteiger partial charge in [0, 0.05) is 12.6 Å². The average molecular weight is 224 g/mol. The van der Waals surface area contributed by atoms with Gasteiger partial charge in [-0.15, -0.1) is 0 Å². The van der Waals surface area contributed by atoms with Crippen molar-refractivity contribution in [3.63, 3.8) is 0 Å². The maximum Gasteiger partial charge on any atom is 0.123 e. The molecule has 0 radical (unpaired) electrons. The summed E-state index contributed by atoms with van der Waals surface area (Å²) in [5, 5.41) is 0. The van der Waals surface area contributed by atoms with E-state index in [0.29, 0.717) is 12.6 Å². The molecule has 90 valence electrons. The number of hydrogen-bond donors (Lipinski definition) is 1. The Kier molecular flexibility index (Phi) is 5.43. The number of rotatable bonds is 6. The highest BCUT2D eigenvalue weighted by Crippen LogP contribution is 2.06. The summed E-state index contributed by atoms with van der Waals surface area (Å²) in [5.74, 6) is -0.157. The predicted molar refractivity (Wildman–Crippen MR) is 65.9 cm³/mol. The normalized spacial score (nSPS) is 13.1. The maximum atomic E-state index is 12.9. The second kappa shape index (κ2) is 6.61. The van der Waals surface area contributed by atoms with Gasteiger partial charge < -0.3 is 10.6 Å². The van der Waals surface area contributed by atoms with Crippen LogP contribution in [-0.2, 0) is 6.42 Å². The van der Waals surface area contributed by atoms with Crippen molar-refractivity contribution < 1.29 is 4.39 Å². The molecule has 0 spiro atoms. The van der Waals surface area contributed by atoms with Crippen LogP contribution in [0.5, 0.6) is 0 Å². The van der Waals surface area contributed by atoms with Gasteiger partial charge in [0.15, 0.2) is 0 Å². The van der Waals surface area contributed by atoms with Crippen LogP contribution in [0.2, 0.25) is 0 Å². The Hall–Kier alpha value is -0.930. The van der Waals surface area contributed by atoms with E-state index < -0.39 is 0 Å². The lowest BCUT2D eigenvalue weighted by molar-refractivity contribution is 0.251. The first-order chi connectivity index (χ1) is 7.63. The van der Waals surface area contributed by atoms with E-state index in [1.807, 2.05) is 6.07 Å². The van der Waals surface area contributed by atoms with Gasteiger partial charge in [0.1, 0.15) is 5.82 Å². The van der Waals surface area contributed by atoms with Crippen molar-refractivity contribution >= 4 is 0 Å². The van der Waals surface area contributed by atoms with Crippen LogP contribution in [0.4, 0.5) is 4.39 Å². The summed E-state index contributed by atoms with van der Waals surface area (Å²) >= 11 is 0. The second-order valence-electron chi connectivity index (χ2n) is 4.29. The molecular formula is C13H21FN2. The number of halogens is 1. The Morgan fingerprint density at radius 1 is 1.44 bits per heavy atom. The van der Waals surface area contributed by atoms with Gasteiger partial charge in [0.25, 0.3) is 0 Å². The molecule has 16 heavy (non-hydrogen) atoms. The molecule has 1 unspecified atom stereocenters. The molecular weight excluding hydrogens is 203 g/mol. The Balaban J connectivity index is 2.39. The summed E-state index contributed by atoms with van der Waals surface area (Å²) in [6.45, 7) is 3.81. The lowest BCUT2D eigenvalue weighted by Gasteiger charge is -2.24. The van der Waals surface area contributed by atoms with Crippen LogP contribution in [0, 0.1) is 5.82 Å². The number of nitrogens with two attached hydrogens (primary N) is 1. The predicted octanol–water partition coefficient (Wildman–Crippen LogP) is 2.04. The molecule has 1 aromatic carbocycles. The standard InChI is InChI=1S/C13H21FN2/c1-11(6-8-15)16(2)9-7-12-4-3-5-13(14)10-12/h3-5,10-11H,6-9,15H2,1-2H3. The van der Waals surface area contributed by atoms with E-state index in [1.54, 1.807) is 12.1 Å². The Bertz CT molecular complexity index is 315. The summed E-state index contributed by atoms with van der Waals surface area (Å²) in [5.41, 5.74) is 6.57. The monoisotopic (exact) mass is 224 g/mol. The average Bonchev–Trinajstić information content (AvgIpc) is 2.26. The summed E-state index contributed by atoms with van der Waals surface area (Å²) < 4.78 is 12.9. The van der Waals surface area contributed by atoms with Crippen molar-refractivity contribution in [3.05, 3.63) is 35.6 Å². The first-order valence-corrected chi connectivity index (χ1v) is 5.78. The zero-order valence-corrected chi connectivity index (χ0v) is 10.1. The summed E-state index contributed by atoms with van der Waals surface area (Å²) in [7, 11) is 2.08. The molecule has 0 aliphatic heterocycles. The first kappa shape index (κ1) is 13.1. The zero-order chi connectivity index (χ0) is 12.0. The minimum atomic E-state index is -0.157. The van der Waals surface area contributed by atoms with E-state index in [-0.39, 0.29) is 5.82 Å². The minimum Gasteiger partial charge on any atom is -0.330 e. The van der Waals surface area contributed by atoms with Crippen LogP contribution >= 0.6 is 0 Å². The van der Waals surface area contributed by atoms with Crippen molar-refractivity contribution in [2.45, 2.75) is 25.8 Å². The maximum absolute atomic E-state index is 12.9. The van der Waals surface area contributed by atoms with Crippen LogP contribution in [0.1, 0.15) is 18.9 Å². The Morgan fingerprint density at radius 3 is 2.81 bits per heavy atom. The van der Waals surface area contributed by atoms with Crippen LogP contribution in [0.15, 0.2) is 24.3 Å². The minimum absolute atomic E-state index is 0.157. The quantitative estimate of drug-likeness (QED) is 0.801. The summed E-state index contributed by atoms with van der Waals surface area (Å²) in [4.78, 5) is 2.26. The third-order valence-electron chi connectivity index (χ3n) is 2.98. The number of nitrogens with zero attached hydrogens (tertiary/aromatic N) is 1. The van der Waals surface area contributed by atoms with Crippen LogP contribution in [0.25, 0.3) is 0 Å². The lowest BCUT2D eigenvalue weighted by atomic mass is 10.1. The fraction of sp³-hybridized carbons (Fsp3) is 0.538.